The van der Waals surface area contributed by atoms with Gasteiger partial charge < -0.3 is 10.6 Å². The predicted molar refractivity (Wildman–Crippen MR) is 90.0 cm³/mol. The summed E-state index contributed by atoms with van der Waals surface area (Å²) in [5, 5.41) is 0. The Hall–Kier alpha value is -0.980. The predicted octanol–water partition coefficient (Wildman–Crippen LogP) is 4.15. The van der Waals surface area contributed by atoms with E-state index in [0.717, 1.165) is 30.6 Å². The molecule has 0 atom stereocenters. The fourth-order valence-electron chi connectivity index (χ4n) is 2.14. The number of fused-ring (bicyclic) bond motifs is 1. The van der Waals surface area contributed by atoms with Crippen LogP contribution in [0.5, 0.6) is 0 Å². The van der Waals surface area contributed by atoms with E-state index in [2.05, 4.69) is 15.9 Å². The summed E-state index contributed by atoms with van der Waals surface area (Å²) in [6.45, 7) is 2.71. The van der Waals surface area contributed by atoms with Crippen LogP contribution in [0.1, 0.15) is 15.2 Å². The number of thioether (sulfide) groups is 1. The normalized spacial score (nSPS) is 14.2. The zero-order valence-electron chi connectivity index (χ0n) is 10.9. The standard InChI is InChI=1S/C14H13BrN2OS2/c1-8-6-12(20-13(8)15)14(18)17-4-5-19-11-3-2-9(16)7-10(11)17/h2-3,6-7H,4-5,16H2,1H3. The van der Waals surface area contributed by atoms with Gasteiger partial charge in [0.05, 0.1) is 14.4 Å². The Bertz CT molecular complexity index is 664. The summed E-state index contributed by atoms with van der Waals surface area (Å²) in [5.41, 5.74) is 8.57. The number of rotatable bonds is 1. The maximum atomic E-state index is 12.7. The summed E-state index contributed by atoms with van der Waals surface area (Å²) in [6.07, 6.45) is 0. The highest BCUT2D eigenvalue weighted by Crippen LogP contribution is 2.38. The van der Waals surface area contributed by atoms with Gasteiger partial charge in [-0.25, -0.2) is 0 Å². The van der Waals surface area contributed by atoms with Crippen LogP contribution in [0.3, 0.4) is 0 Å². The van der Waals surface area contributed by atoms with Crippen LogP contribution in [0, 0.1) is 6.92 Å². The summed E-state index contributed by atoms with van der Waals surface area (Å²) < 4.78 is 1.01. The molecule has 0 bridgehead atoms. The number of carbonyl (C=O) groups is 1. The van der Waals surface area contributed by atoms with Gasteiger partial charge in [0.15, 0.2) is 0 Å². The Balaban J connectivity index is 1.99. The first kappa shape index (κ1) is 14.0. The molecule has 0 saturated heterocycles. The van der Waals surface area contributed by atoms with Crippen LogP contribution in [0.25, 0.3) is 0 Å². The van der Waals surface area contributed by atoms with Gasteiger partial charge in [-0.15, -0.1) is 23.1 Å². The van der Waals surface area contributed by atoms with Crippen LogP contribution in [-0.2, 0) is 0 Å². The number of benzene rings is 1. The second kappa shape index (κ2) is 5.42. The number of nitrogens with zero attached hydrogens (tertiary/aromatic N) is 1. The Labute approximate surface area is 134 Å². The number of hydrogen-bond donors (Lipinski definition) is 1. The number of aryl methyl sites for hydroxylation is 1. The summed E-state index contributed by atoms with van der Waals surface area (Å²) >= 11 is 6.72. The van der Waals surface area contributed by atoms with Crippen molar-refractivity contribution in [2.75, 3.05) is 22.9 Å². The molecule has 0 radical (unpaired) electrons. The van der Waals surface area contributed by atoms with E-state index in [9.17, 15) is 4.79 Å². The van der Waals surface area contributed by atoms with Gasteiger partial charge in [0.1, 0.15) is 0 Å². The van der Waals surface area contributed by atoms with E-state index < -0.39 is 0 Å². The van der Waals surface area contributed by atoms with Crippen molar-refractivity contribution in [2.45, 2.75) is 11.8 Å². The molecule has 3 nitrogen and oxygen atoms in total. The monoisotopic (exact) mass is 368 g/mol. The Morgan fingerprint density at radius 3 is 2.90 bits per heavy atom. The molecule has 2 N–H and O–H groups in total. The van der Waals surface area contributed by atoms with E-state index in [1.807, 2.05) is 36.1 Å². The number of hydrogen-bond acceptors (Lipinski definition) is 4. The number of carbonyl (C=O) groups excluding carboxylic acids is 1. The van der Waals surface area contributed by atoms with Gasteiger partial charge in [-0.2, -0.15) is 0 Å². The maximum absolute atomic E-state index is 12.7. The van der Waals surface area contributed by atoms with Crippen molar-refractivity contribution in [2.24, 2.45) is 0 Å². The molecule has 104 valence electrons. The van der Waals surface area contributed by atoms with Crippen molar-refractivity contribution in [3.05, 3.63) is 38.5 Å². The molecule has 2 aromatic rings. The van der Waals surface area contributed by atoms with Crippen LogP contribution < -0.4 is 10.6 Å². The van der Waals surface area contributed by atoms with Crippen molar-refractivity contribution in [1.29, 1.82) is 0 Å². The molecule has 0 saturated carbocycles. The molecule has 0 aliphatic carbocycles. The summed E-state index contributed by atoms with van der Waals surface area (Å²) in [7, 11) is 0. The molecule has 2 heterocycles. The molecule has 1 aliphatic heterocycles. The van der Waals surface area contributed by atoms with E-state index in [0.29, 0.717) is 12.2 Å². The Morgan fingerprint density at radius 1 is 1.40 bits per heavy atom. The third kappa shape index (κ3) is 2.47. The van der Waals surface area contributed by atoms with Crippen molar-refractivity contribution >= 4 is 56.3 Å². The lowest BCUT2D eigenvalue weighted by molar-refractivity contribution is 0.0991. The van der Waals surface area contributed by atoms with E-state index in [-0.39, 0.29) is 5.91 Å². The van der Waals surface area contributed by atoms with Crippen LogP contribution >= 0.6 is 39.0 Å². The molecule has 0 unspecified atom stereocenters. The quantitative estimate of drug-likeness (QED) is 0.768. The van der Waals surface area contributed by atoms with Crippen LogP contribution in [0.4, 0.5) is 11.4 Å². The lowest BCUT2D eigenvalue weighted by Crippen LogP contribution is -2.35. The molecule has 6 heteroatoms. The average molecular weight is 369 g/mol. The highest BCUT2D eigenvalue weighted by atomic mass is 79.9. The average Bonchev–Trinajstić information content (AvgIpc) is 2.77. The largest absolute Gasteiger partial charge is 0.399 e. The van der Waals surface area contributed by atoms with Crippen LogP contribution in [-0.4, -0.2) is 18.2 Å². The molecule has 0 fully saturated rings. The van der Waals surface area contributed by atoms with E-state index in [4.69, 9.17) is 5.73 Å². The second-order valence-corrected chi connectivity index (χ2v) is 8.11. The van der Waals surface area contributed by atoms with Gasteiger partial charge in [-0.1, -0.05) is 0 Å². The first-order chi connectivity index (χ1) is 9.56. The molecular formula is C14H13BrN2OS2. The second-order valence-electron chi connectivity index (χ2n) is 4.60. The first-order valence-corrected chi connectivity index (χ1v) is 8.76. The topological polar surface area (TPSA) is 46.3 Å². The highest BCUT2D eigenvalue weighted by Gasteiger charge is 2.25. The molecule has 1 aliphatic rings. The minimum absolute atomic E-state index is 0.0518. The Kier molecular flexibility index (Phi) is 3.79. The van der Waals surface area contributed by atoms with Gasteiger partial charge in [-0.05, 0) is 52.7 Å². The fourth-order valence-corrected chi connectivity index (χ4v) is 4.60. The summed E-state index contributed by atoms with van der Waals surface area (Å²) in [6, 6.07) is 7.69. The molecule has 20 heavy (non-hydrogen) atoms. The smallest absolute Gasteiger partial charge is 0.268 e. The third-order valence-corrected chi connectivity index (χ3v) is 6.33. The molecular weight excluding hydrogens is 356 g/mol. The highest BCUT2D eigenvalue weighted by molar-refractivity contribution is 9.11. The first-order valence-electron chi connectivity index (χ1n) is 6.16. The molecule has 1 aromatic carbocycles. The van der Waals surface area contributed by atoms with E-state index in [1.54, 1.807) is 11.8 Å². The van der Waals surface area contributed by atoms with Gasteiger partial charge in [0.2, 0.25) is 0 Å². The van der Waals surface area contributed by atoms with Gasteiger partial charge in [0.25, 0.3) is 5.91 Å². The maximum Gasteiger partial charge on any atom is 0.268 e. The zero-order chi connectivity index (χ0) is 14.3. The number of amides is 1. The third-order valence-electron chi connectivity index (χ3n) is 3.16. The molecule has 1 aromatic heterocycles. The minimum Gasteiger partial charge on any atom is -0.399 e. The van der Waals surface area contributed by atoms with E-state index in [1.165, 1.54) is 11.3 Å². The Morgan fingerprint density at radius 2 is 2.20 bits per heavy atom. The SMILES string of the molecule is Cc1cc(C(=O)N2CCSc3ccc(N)cc32)sc1Br. The number of thiophene rings is 1. The van der Waals surface area contributed by atoms with Crippen LogP contribution in [0.15, 0.2) is 32.9 Å². The summed E-state index contributed by atoms with van der Waals surface area (Å²) in [5.74, 6) is 0.963. The minimum atomic E-state index is 0.0518. The number of anilines is 2. The lowest BCUT2D eigenvalue weighted by atomic mass is 10.2. The number of nitrogens with two attached hydrogens (primary N) is 1. The molecule has 3 rings (SSSR count). The zero-order valence-corrected chi connectivity index (χ0v) is 14.1. The number of halogens is 1. The lowest BCUT2D eigenvalue weighted by Gasteiger charge is -2.28. The molecule has 0 spiro atoms. The fraction of sp³-hybridized carbons (Fsp3) is 0.214. The number of nitrogen functional groups attached to an aromatic ring is 1. The summed E-state index contributed by atoms with van der Waals surface area (Å²) in [4.78, 5) is 16.4. The van der Waals surface area contributed by atoms with Crippen molar-refractivity contribution < 1.29 is 4.79 Å². The van der Waals surface area contributed by atoms with Gasteiger partial charge in [-0.3, -0.25) is 4.79 Å². The van der Waals surface area contributed by atoms with E-state index >= 15 is 0 Å². The van der Waals surface area contributed by atoms with Crippen molar-refractivity contribution in [3.8, 4) is 0 Å². The van der Waals surface area contributed by atoms with Crippen molar-refractivity contribution in [1.82, 2.24) is 0 Å². The van der Waals surface area contributed by atoms with Gasteiger partial charge in [0, 0.05) is 22.9 Å². The molecule has 1 amide bonds. The van der Waals surface area contributed by atoms with Crippen LogP contribution in [0.2, 0.25) is 0 Å². The van der Waals surface area contributed by atoms with Crippen molar-refractivity contribution in [3.63, 3.8) is 0 Å². The van der Waals surface area contributed by atoms with Gasteiger partial charge >= 0.3 is 0 Å².